The van der Waals surface area contributed by atoms with Crippen LogP contribution in [0.25, 0.3) is 10.9 Å². The van der Waals surface area contributed by atoms with E-state index in [9.17, 15) is 5.11 Å². The van der Waals surface area contributed by atoms with Crippen molar-refractivity contribution in [1.29, 1.82) is 0 Å². The van der Waals surface area contributed by atoms with Gasteiger partial charge in [0.2, 0.25) is 0 Å². The molecule has 2 aromatic rings. The van der Waals surface area contributed by atoms with Crippen LogP contribution in [0.4, 0.5) is 0 Å². The largest absolute Gasteiger partial charge is 0.508 e. The van der Waals surface area contributed by atoms with Gasteiger partial charge >= 0.3 is 0 Å². The van der Waals surface area contributed by atoms with Crippen LogP contribution in [-0.2, 0) is 6.42 Å². The second kappa shape index (κ2) is 4.11. The third-order valence-corrected chi connectivity index (χ3v) is 6.29. The van der Waals surface area contributed by atoms with Gasteiger partial charge in [0.25, 0.3) is 0 Å². The molecule has 3 nitrogen and oxygen atoms in total. The number of piperidine rings is 1. The normalized spacial score (nSPS) is 35.7. The average molecular weight is 292 g/mol. The van der Waals surface area contributed by atoms with E-state index in [4.69, 9.17) is 0 Å². The van der Waals surface area contributed by atoms with Crippen molar-refractivity contribution in [1.82, 2.24) is 9.88 Å². The summed E-state index contributed by atoms with van der Waals surface area (Å²) in [7, 11) is 0. The molecule has 3 heteroatoms. The van der Waals surface area contributed by atoms with E-state index in [0.717, 1.165) is 29.2 Å². The predicted molar refractivity (Wildman–Crippen MR) is 86.7 cm³/mol. The first-order valence-corrected chi connectivity index (χ1v) is 8.20. The Morgan fingerprint density at radius 3 is 3.14 bits per heavy atom. The summed E-state index contributed by atoms with van der Waals surface area (Å²) in [6.07, 6.45) is 7.76. The van der Waals surface area contributed by atoms with Gasteiger partial charge in [0.1, 0.15) is 5.75 Å². The monoisotopic (exact) mass is 292 g/mol. The van der Waals surface area contributed by atoms with Gasteiger partial charge in [-0.3, -0.25) is 9.88 Å². The molecule has 4 atom stereocenters. The van der Waals surface area contributed by atoms with Crippen LogP contribution in [0, 0.1) is 11.8 Å². The third-order valence-electron chi connectivity index (χ3n) is 6.29. The molecule has 0 amide bonds. The van der Waals surface area contributed by atoms with Gasteiger partial charge in [-0.25, -0.2) is 0 Å². The Balaban J connectivity index is 1.44. The molecule has 2 saturated heterocycles. The molecule has 4 unspecified atom stereocenters. The first-order chi connectivity index (χ1) is 10.7. The first-order valence-electron chi connectivity index (χ1n) is 8.20. The Morgan fingerprint density at radius 1 is 1.41 bits per heavy atom. The average Bonchev–Trinajstić information content (AvgIpc) is 3.06. The van der Waals surface area contributed by atoms with Crippen LogP contribution in [0.5, 0.6) is 5.75 Å². The molecule has 3 aliphatic rings. The Labute approximate surface area is 130 Å². The van der Waals surface area contributed by atoms with Gasteiger partial charge in [-0.1, -0.05) is 6.08 Å². The summed E-state index contributed by atoms with van der Waals surface area (Å²) in [5.41, 5.74) is 2.76. The smallest absolute Gasteiger partial charge is 0.116 e. The van der Waals surface area contributed by atoms with Gasteiger partial charge in [0, 0.05) is 23.2 Å². The highest BCUT2D eigenvalue weighted by atomic mass is 16.3. The molecule has 3 fully saturated rings. The van der Waals surface area contributed by atoms with E-state index < -0.39 is 0 Å². The maximum atomic E-state index is 9.78. The molecule has 22 heavy (non-hydrogen) atoms. The number of phenols is 1. The summed E-state index contributed by atoms with van der Waals surface area (Å²) >= 11 is 0. The lowest BCUT2D eigenvalue weighted by atomic mass is 9.84. The van der Waals surface area contributed by atoms with Crippen LogP contribution in [-0.4, -0.2) is 33.1 Å². The van der Waals surface area contributed by atoms with E-state index >= 15 is 0 Å². The minimum atomic E-state index is 0.321. The van der Waals surface area contributed by atoms with Gasteiger partial charge in [0.05, 0.1) is 5.52 Å². The third kappa shape index (κ3) is 1.42. The van der Waals surface area contributed by atoms with E-state index in [2.05, 4.69) is 28.6 Å². The Morgan fingerprint density at radius 2 is 2.32 bits per heavy atom. The van der Waals surface area contributed by atoms with Crippen molar-refractivity contribution < 1.29 is 5.11 Å². The second-order valence-corrected chi connectivity index (χ2v) is 7.07. The molecule has 112 valence electrons. The van der Waals surface area contributed by atoms with Crippen molar-refractivity contribution in [2.24, 2.45) is 11.8 Å². The van der Waals surface area contributed by atoms with Crippen molar-refractivity contribution in [2.45, 2.75) is 30.8 Å². The lowest BCUT2D eigenvalue weighted by molar-refractivity contribution is 0.00992. The van der Waals surface area contributed by atoms with Gasteiger partial charge in [-0.2, -0.15) is 0 Å². The molecule has 1 spiro atoms. The van der Waals surface area contributed by atoms with Crippen molar-refractivity contribution in [2.75, 3.05) is 6.54 Å². The van der Waals surface area contributed by atoms with Crippen LogP contribution in [0.2, 0.25) is 0 Å². The van der Waals surface area contributed by atoms with Crippen molar-refractivity contribution >= 4 is 10.9 Å². The quantitative estimate of drug-likeness (QED) is 0.883. The molecule has 1 aliphatic carbocycles. The number of rotatable bonds is 3. The number of fused-ring (bicyclic) bond motifs is 1. The molecule has 0 radical (unpaired) electrons. The summed E-state index contributed by atoms with van der Waals surface area (Å²) in [5, 5.41) is 10.9. The number of nitrogens with zero attached hydrogens (tertiary/aromatic N) is 2. The molecule has 1 N–H and O–H groups in total. The molecule has 3 heterocycles. The topological polar surface area (TPSA) is 36.4 Å². The molecule has 1 aromatic heterocycles. The highest BCUT2D eigenvalue weighted by molar-refractivity contribution is 5.83. The Bertz CT molecular complexity index is 786. The molecule has 0 bridgehead atoms. The number of benzene rings is 1. The van der Waals surface area contributed by atoms with Gasteiger partial charge in [-0.15, -0.1) is 6.58 Å². The van der Waals surface area contributed by atoms with E-state index in [1.165, 1.54) is 24.9 Å². The highest BCUT2D eigenvalue weighted by Crippen LogP contribution is 2.70. The zero-order valence-electron chi connectivity index (χ0n) is 12.6. The molecule has 1 aromatic carbocycles. The predicted octanol–water partition coefficient (Wildman–Crippen LogP) is 3.13. The number of hydrogen-bond acceptors (Lipinski definition) is 3. The summed E-state index contributed by atoms with van der Waals surface area (Å²) in [5.74, 6) is 1.93. The fraction of sp³-hybridized carbons (Fsp3) is 0.421. The summed E-state index contributed by atoms with van der Waals surface area (Å²) in [6, 6.07) is 8.21. The van der Waals surface area contributed by atoms with Gasteiger partial charge in [-0.05, 0) is 67.5 Å². The van der Waals surface area contributed by atoms with Crippen LogP contribution in [0.15, 0.2) is 43.1 Å². The fourth-order valence-corrected chi connectivity index (χ4v) is 5.33. The number of aromatic nitrogens is 1. The van der Waals surface area contributed by atoms with E-state index in [-0.39, 0.29) is 0 Å². The maximum Gasteiger partial charge on any atom is 0.116 e. The van der Waals surface area contributed by atoms with Crippen molar-refractivity contribution in [3.8, 4) is 5.75 Å². The van der Waals surface area contributed by atoms with E-state index in [1.54, 1.807) is 6.07 Å². The SMILES string of the molecule is C=CC1C2CCN3C(Cc4ccnc5ccc(O)cc45)CC123. The molecular weight excluding hydrogens is 272 g/mol. The van der Waals surface area contributed by atoms with Crippen LogP contribution >= 0.6 is 0 Å². The second-order valence-electron chi connectivity index (χ2n) is 7.07. The van der Waals surface area contributed by atoms with Crippen LogP contribution < -0.4 is 0 Å². The first kappa shape index (κ1) is 12.7. The lowest BCUT2D eigenvalue weighted by Gasteiger charge is -2.49. The number of pyridine rings is 1. The Hall–Kier alpha value is -1.87. The van der Waals surface area contributed by atoms with Gasteiger partial charge < -0.3 is 5.11 Å². The number of aromatic hydroxyl groups is 1. The number of hydrogen-bond donors (Lipinski definition) is 1. The summed E-state index contributed by atoms with van der Waals surface area (Å²) in [6.45, 7) is 5.26. The minimum absolute atomic E-state index is 0.321. The van der Waals surface area contributed by atoms with E-state index in [1.807, 2.05) is 18.3 Å². The van der Waals surface area contributed by atoms with Crippen molar-refractivity contribution in [3.05, 3.63) is 48.7 Å². The van der Waals surface area contributed by atoms with E-state index in [0.29, 0.717) is 17.3 Å². The summed E-state index contributed by atoms with van der Waals surface area (Å²) in [4.78, 5) is 7.13. The van der Waals surface area contributed by atoms with Crippen LogP contribution in [0.1, 0.15) is 18.4 Å². The molecule has 1 saturated carbocycles. The molecule has 2 aliphatic heterocycles. The van der Waals surface area contributed by atoms with Crippen LogP contribution in [0.3, 0.4) is 0 Å². The molecule has 5 rings (SSSR count). The van der Waals surface area contributed by atoms with Gasteiger partial charge in [0.15, 0.2) is 0 Å². The standard InChI is InChI=1S/C19H20N2O/c1-2-16-17-6-8-21-13(11-19(16,17)21)9-12-5-7-20-18-4-3-14(22)10-15(12)18/h2-5,7,10,13,16-17,22H,1,6,8-9,11H2. The summed E-state index contributed by atoms with van der Waals surface area (Å²) < 4.78 is 0. The Kier molecular flexibility index (Phi) is 2.36. The molecular formula is C19H20N2O. The highest BCUT2D eigenvalue weighted by Gasteiger charge is 2.75. The maximum absolute atomic E-state index is 9.78. The zero-order valence-corrected chi connectivity index (χ0v) is 12.6. The number of phenolic OH excluding ortho intramolecular Hbond substituents is 1. The lowest BCUT2D eigenvalue weighted by Crippen LogP contribution is -2.58. The fourth-order valence-electron chi connectivity index (χ4n) is 5.33. The minimum Gasteiger partial charge on any atom is -0.508 e. The zero-order chi connectivity index (χ0) is 14.9. The van der Waals surface area contributed by atoms with Crippen molar-refractivity contribution in [3.63, 3.8) is 0 Å².